The van der Waals surface area contributed by atoms with E-state index in [1.54, 1.807) is 0 Å². The van der Waals surface area contributed by atoms with Gasteiger partial charge in [-0.2, -0.15) is 0 Å². The molecule has 66 valence electrons. The van der Waals surface area contributed by atoms with E-state index in [0.29, 0.717) is 0 Å². The lowest BCUT2D eigenvalue weighted by Gasteiger charge is -2.08. The minimum absolute atomic E-state index is 0.179. The molecule has 0 N–H and O–H groups in total. The molecule has 0 bridgehead atoms. The van der Waals surface area contributed by atoms with Gasteiger partial charge in [0, 0.05) is 22.5 Å². The summed E-state index contributed by atoms with van der Waals surface area (Å²) in [5.74, 6) is -3.11. The Hall–Kier alpha value is -0.0800. The summed E-state index contributed by atoms with van der Waals surface area (Å²) in [6.07, 6.45) is -3.37. The molecule has 0 saturated carbocycles. The number of nitrogens with zero attached hydrogens (tertiary/aromatic N) is 1. The van der Waals surface area contributed by atoms with Gasteiger partial charge in [-0.1, -0.05) is 41.2 Å². The molecule has 0 amide bonds. The highest BCUT2D eigenvalue weighted by Crippen LogP contribution is 2.22. The van der Waals surface area contributed by atoms with E-state index in [1.807, 2.05) is 0 Å². The molecule has 0 radical (unpaired) electrons. The Morgan fingerprint density at radius 3 is 3.33 bits per heavy atom. The molecule has 3 heteroatoms. The summed E-state index contributed by atoms with van der Waals surface area (Å²) < 4.78 is 67.9. The Bertz CT molecular complexity index is 521. The maximum atomic E-state index is 8.13. The zero-order chi connectivity index (χ0) is 16.9. The fraction of sp³-hybridized carbons (Fsp3) is 0.444. The number of rotatable bonds is 2. The van der Waals surface area contributed by atoms with Gasteiger partial charge in [-0.15, -0.1) is 0 Å². The molecule has 1 aromatic heterocycles. The number of hydrogen-bond acceptors (Lipinski definition) is 1. The van der Waals surface area contributed by atoms with E-state index in [0.717, 1.165) is 6.07 Å². The van der Waals surface area contributed by atoms with E-state index >= 15 is 0 Å². The molecule has 1 unspecified atom stereocenters. The van der Waals surface area contributed by atoms with Crippen molar-refractivity contribution >= 4 is 27.5 Å². The number of halogens is 2. The summed E-state index contributed by atoms with van der Waals surface area (Å²) in [5, 5.41) is -0.179. The highest BCUT2D eigenvalue weighted by molar-refractivity contribution is 9.10. The van der Waals surface area contributed by atoms with Gasteiger partial charge in [-0.3, -0.25) is 0 Å². The van der Waals surface area contributed by atoms with Crippen molar-refractivity contribution in [1.29, 1.82) is 0 Å². The summed E-state index contributed by atoms with van der Waals surface area (Å²) in [6.45, 7) is -6.61. The average molecular weight is 258 g/mol. The average Bonchev–Trinajstić information content (AvgIpc) is 2.22. The molecule has 0 aliphatic rings. The maximum Gasteiger partial charge on any atom is 0.130 e. The van der Waals surface area contributed by atoms with Crippen LogP contribution in [-0.2, 0) is 0 Å². The van der Waals surface area contributed by atoms with Crippen LogP contribution in [0.25, 0.3) is 0 Å². The third-order valence-corrected chi connectivity index (χ3v) is 1.79. The first kappa shape index (κ1) is 3.25. The Kier molecular flexibility index (Phi) is 1.15. The number of hydrogen-bond donors (Lipinski definition) is 0. The lowest BCUT2D eigenvalue weighted by Crippen LogP contribution is -1.95. The molecular weight excluding hydrogens is 237 g/mol. The van der Waals surface area contributed by atoms with Gasteiger partial charge in [-0.25, -0.2) is 4.98 Å². The Morgan fingerprint density at radius 2 is 2.75 bits per heavy atom. The van der Waals surface area contributed by atoms with Crippen molar-refractivity contribution in [3.05, 3.63) is 27.5 Å². The first-order valence-electron chi connectivity index (χ1n) is 7.48. The van der Waals surface area contributed by atoms with Crippen LogP contribution in [0.15, 0.2) is 16.6 Å². The van der Waals surface area contributed by atoms with Crippen LogP contribution >= 0.6 is 27.5 Å². The third kappa shape index (κ3) is 2.46. The standard InChI is InChI=1S/C9H11BrClN/c1-3-6(2)8-4-7(10)5-9(11)12-8/h4-6H,3H2,1-2H3/i1D3,2D3,3D2,6D. The SMILES string of the molecule is [2H]C([2H])([2H])C([2H])([2H])C([2H])(c1cc(Br)cc(Cl)n1)C([2H])([2H])[2H]. The van der Waals surface area contributed by atoms with Crippen LogP contribution < -0.4 is 0 Å². The predicted octanol–water partition coefficient (Wildman–Crippen LogP) is 4.01. The van der Waals surface area contributed by atoms with Crippen LogP contribution in [-0.4, -0.2) is 4.98 Å². The summed E-state index contributed by atoms with van der Waals surface area (Å²) >= 11 is 8.73. The third-order valence-electron chi connectivity index (χ3n) is 1.14. The number of aromatic nitrogens is 1. The zero-order valence-electron chi connectivity index (χ0n) is 14.9. The summed E-state index contributed by atoms with van der Waals surface area (Å²) in [7, 11) is 0. The smallest absolute Gasteiger partial charge is 0.130 e. The topological polar surface area (TPSA) is 12.9 Å². The molecule has 0 aliphatic carbocycles. The van der Waals surface area contributed by atoms with Crippen LogP contribution in [0, 0.1) is 0 Å². The van der Waals surface area contributed by atoms with Crippen molar-refractivity contribution in [3.8, 4) is 0 Å². The van der Waals surface area contributed by atoms with Crippen molar-refractivity contribution in [3.63, 3.8) is 0 Å². The molecule has 0 aromatic carbocycles. The van der Waals surface area contributed by atoms with Crippen LogP contribution in [0.3, 0.4) is 0 Å². The molecule has 0 saturated heterocycles. The van der Waals surface area contributed by atoms with Gasteiger partial charge in [0.25, 0.3) is 0 Å². The quantitative estimate of drug-likeness (QED) is 0.730. The van der Waals surface area contributed by atoms with Crippen LogP contribution in [0.1, 0.15) is 44.0 Å². The molecule has 0 spiro atoms. The van der Waals surface area contributed by atoms with Crippen molar-refractivity contribution < 1.29 is 12.3 Å². The van der Waals surface area contributed by atoms with E-state index in [9.17, 15) is 0 Å². The zero-order valence-corrected chi connectivity index (χ0v) is 8.20. The highest BCUT2D eigenvalue weighted by atomic mass is 79.9. The minimum Gasteiger partial charge on any atom is -0.241 e. The fourth-order valence-electron chi connectivity index (χ4n) is 0.658. The van der Waals surface area contributed by atoms with Gasteiger partial charge in [0.2, 0.25) is 0 Å². The van der Waals surface area contributed by atoms with Crippen molar-refractivity contribution in [2.75, 3.05) is 0 Å². The van der Waals surface area contributed by atoms with E-state index in [1.165, 1.54) is 6.07 Å². The van der Waals surface area contributed by atoms with Crippen LogP contribution in [0.5, 0.6) is 0 Å². The van der Waals surface area contributed by atoms with Crippen LogP contribution in [0.2, 0.25) is 5.15 Å². The van der Waals surface area contributed by atoms with Gasteiger partial charge >= 0.3 is 0 Å². The van der Waals surface area contributed by atoms with Gasteiger partial charge in [-0.05, 0) is 24.4 Å². The molecule has 1 aromatic rings. The second-order valence-corrected chi connectivity index (χ2v) is 3.30. The molecule has 1 nitrogen and oxygen atoms in total. The molecule has 1 rings (SSSR count). The van der Waals surface area contributed by atoms with Crippen LogP contribution in [0.4, 0.5) is 0 Å². The van der Waals surface area contributed by atoms with Gasteiger partial charge < -0.3 is 0 Å². The second kappa shape index (κ2) is 4.24. The lowest BCUT2D eigenvalue weighted by atomic mass is 10.1. The van der Waals surface area contributed by atoms with E-state index in [2.05, 4.69) is 20.9 Å². The summed E-state index contributed by atoms with van der Waals surface area (Å²) in [5.41, 5.74) is -0.581. The normalized spacial score (nSPS) is 30.0. The molecular formula is C9H11BrClN. The van der Waals surface area contributed by atoms with Gasteiger partial charge in [0.1, 0.15) is 5.15 Å². The van der Waals surface area contributed by atoms with Crippen molar-refractivity contribution in [2.45, 2.75) is 26.0 Å². The maximum absolute atomic E-state index is 8.13. The summed E-state index contributed by atoms with van der Waals surface area (Å²) in [4.78, 5) is 3.65. The lowest BCUT2D eigenvalue weighted by molar-refractivity contribution is 0.707. The minimum atomic E-state index is -3.37. The molecule has 0 fully saturated rings. The Morgan fingerprint density at radius 1 is 1.92 bits per heavy atom. The largest absolute Gasteiger partial charge is 0.241 e. The second-order valence-electron chi connectivity index (χ2n) is 1.99. The Balaban J connectivity index is 3.71. The first-order chi connectivity index (χ1) is 9.14. The highest BCUT2D eigenvalue weighted by Gasteiger charge is 2.05. The van der Waals surface area contributed by atoms with E-state index in [-0.39, 0.29) is 9.63 Å². The van der Waals surface area contributed by atoms with E-state index in [4.69, 9.17) is 23.9 Å². The number of pyridine rings is 1. The molecule has 12 heavy (non-hydrogen) atoms. The Labute approximate surface area is 98.9 Å². The van der Waals surface area contributed by atoms with Crippen molar-refractivity contribution in [1.82, 2.24) is 4.98 Å². The molecule has 1 heterocycles. The fourth-order valence-corrected chi connectivity index (χ4v) is 1.43. The predicted molar refractivity (Wildman–Crippen MR) is 55.7 cm³/mol. The molecule has 0 aliphatic heterocycles. The monoisotopic (exact) mass is 256 g/mol. The van der Waals surface area contributed by atoms with Gasteiger partial charge in [0.15, 0.2) is 0 Å². The van der Waals surface area contributed by atoms with Crippen molar-refractivity contribution in [2.24, 2.45) is 0 Å². The van der Waals surface area contributed by atoms with E-state index < -0.39 is 31.7 Å². The summed E-state index contributed by atoms with van der Waals surface area (Å²) in [6, 6.07) is 2.39. The first-order valence-corrected chi connectivity index (χ1v) is 4.15. The molecule has 1 atom stereocenters. The van der Waals surface area contributed by atoms with Gasteiger partial charge in [0.05, 0.1) is 0 Å².